The summed E-state index contributed by atoms with van der Waals surface area (Å²) in [5.41, 5.74) is 2.15. The molecule has 0 amide bonds. The summed E-state index contributed by atoms with van der Waals surface area (Å²) < 4.78 is 28.4. The van der Waals surface area contributed by atoms with E-state index < -0.39 is 15.2 Å². The van der Waals surface area contributed by atoms with E-state index in [-0.39, 0.29) is 21.6 Å². The molecule has 0 unspecified atom stereocenters. The molecule has 0 aliphatic rings. The maximum atomic E-state index is 13.5. The topological polar surface area (TPSA) is 83.9 Å². The SMILES string of the molecule is CCC(CC)N(c1ccc(C)cc1C)S(=O)(=O)c1ccc(Cl)c(N([O-])O)c1. The van der Waals surface area contributed by atoms with Crippen LogP contribution < -0.4 is 9.53 Å². The Morgan fingerprint density at radius 1 is 1.07 bits per heavy atom. The quantitative estimate of drug-likeness (QED) is 0.645. The first kappa shape index (κ1) is 21.5. The molecule has 27 heavy (non-hydrogen) atoms. The predicted octanol–water partition coefficient (Wildman–Crippen LogP) is 5.03. The third-order valence-corrected chi connectivity index (χ3v) is 6.73. The van der Waals surface area contributed by atoms with Gasteiger partial charge >= 0.3 is 0 Å². The molecular weight excluding hydrogens is 388 g/mol. The highest BCUT2D eigenvalue weighted by molar-refractivity contribution is 7.92. The zero-order chi connectivity index (χ0) is 20.4. The zero-order valence-corrected chi connectivity index (χ0v) is 17.4. The van der Waals surface area contributed by atoms with Crippen LogP contribution in [0.4, 0.5) is 11.4 Å². The number of sulfonamides is 1. The summed E-state index contributed by atoms with van der Waals surface area (Å²) in [7, 11) is -3.99. The Hall–Kier alpha value is -1.80. The molecule has 0 saturated heterocycles. The molecule has 0 radical (unpaired) electrons. The minimum atomic E-state index is -3.99. The van der Waals surface area contributed by atoms with Gasteiger partial charge in [0, 0.05) is 6.04 Å². The maximum Gasteiger partial charge on any atom is 0.264 e. The molecular formula is C19H24ClN2O4S-. The normalized spacial score (nSPS) is 11.7. The van der Waals surface area contributed by atoms with E-state index in [0.717, 1.165) is 17.2 Å². The molecule has 0 heterocycles. The summed E-state index contributed by atoms with van der Waals surface area (Å²) in [5, 5.41) is 20.0. The molecule has 2 rings (SSSR count). The number of hydrogen-bond donors (Lipinski definition) is 1. The van der Waals surface area contributed by atoms with Crippen molar-refractivity contribution in [1.29, 1.82) is 0 Å². The minimum Gasteiger partial charge on any atom is -0.733 e. The standard InChI is InChI=1S/C19H24ClN2O4S/c1-5-15(6-2)21(18-10-7-13(3)11-14(18)4)27(25,26)16-8-9-17(20)19(12-16)22(23)24/h7-12,15,23H,5-6H2,1-4H3/q-1. The van der Waals surface area contributed by atoms with Crippen molar-refractivity contribution in [2.75, 3.05) is 9.53 Å². The summed E-state index contributed by atoms with van der Waals surface area (Å²) in [6, 6.07) is 9.05. The second-order valence-corrected chi connectivity index (χ2v) is 8.67. The Morgan fingerprint density at radius 3 is 2.22 bits per heavy atom. The summed E-state index contributed by atoms with van der Waals surface area (Å²) in [5.74, 6) is 0. The number of anilines is 2. The van der Waals surface area contributed by atoms with E-state index in [0.29, 0.717) is 18.5 Å². The van der Waals surface area contributed by atoms with Crippen molar-refractivity contribution in [2.24, 2.45) is 0 Å². The van der Waals surface area contributed by atoms with Gasteiger partial charge in [-0.2, -0.15) is 0 Å². The Morgan fingerprint density at radius 2 is 1.70 bits per heavy atom. The molecule has 0 atom stereocenters. The second kappa shape index (κ2) is 8.48. The van der Waals surface area contributed by atoms with Gasteiger partial charge in [-0.1, -0.05) is 43.1 Å². The number of halogens is 1. The number of aryl methyl sites for hydroxylation is 2. The van der Waals surface area contributed by atoms with Crippen LogP contribution in [0.1, 0.15) is 37.8 Å². The smallest absolute Gasteiger partial charge is 0.264 e. The van der Waals surface area contributed by atoms with Crippen molar-refractivity contribution >= 4 is 33.0 Å². The van der Waals surface area contributed by atoms with Crippen LogP contribution in [-0.4, -0.2) is 19.7 Å². The lowest BCUT2D eigenvalue weighted by molar-refractivity contribution is 0.296. The average molecular weight is 412 g/mol. The predicted molar refractivity (Wildman–Crippen MR) is 109 cm³/mol. The van der Waals surface area contributed by atoms with Crippen LogP contribution in [0.25, 0.3) is 0 Å². The summed E-state index contributed by atoms with van der Waals surface area (Å²) in [6.45, 7) is 7.68. The summed E-state index contributed by atoms with van der Waals surface area (Å²) >= 11 is 5.89. The van der Waals surface area contributed by atoms with Gasteiger partial charge in [0.1, 0.15) is 0 Å². The van der Waals surface area contributed by atoms with Crippen LogP contribution in [0.15, 0.2) is 41.3 Å². The average Bonchev–Trinajstić information content (AvgIpc) is 2.60. The van der Waals surface area contributed by atoms with Gasteiger partial charge in [-0.3, -0.25) is 9.51 Å². The van der Waals surface area contributed by atoms with E-state index in [1.54, 1.807) is 6.07 Å². The Kier molecular flexibility index (Phi) is 6.75. The van der Waals surface area contributed by atoms with Crippen molar-refractivity contribution in [2.45, 2.75) is 51.5 Å². The lowest BCUT2D eigenvalue weighted by atomic mass is 10.1. The van der Waals surface area contributed by atoms with Gasteiger partial charge < -0.3 is 10.4 Å². The molecule has 0 bridgehead atoms. The number of benzene rings is 2. The monoisotopic (exact) mass is 411 g/mol. The lowest BCUT2D eigenvalue weighted by Crippen LogP contribution is -2.40. The van der Waals surface area contributed by atoms with Gasteiger partial charge in [0.05, 0.1) is 21.3 Å². The molecule has 0 aromatic heterocycles. The molecule has 8 heteroatoms. The fraction of sp³-hybridized carbons (Fsp3) is 0.368. The zero-order valence-electron chi connectivity index (χ0n) is 15.8. The Balaban J connectivity index is 2.69. The minimum absolute atomic E-state index is 0.0351. The summed E-state index contributed by atoms with van der Waals surface area (Å²) in [4.78, 5) is -0.108. The van der Waals surface area contributed by atoms with Crippen LogP contribution in [0.2, 0.25) is 5.02 Å². The van der Waals surface area contributed by atoms with Crippen LogP contribution >= 0.6 is 11.6 Å². The molecule has 0 fully saturated rings. The Labute approximate surface area is 165 Å². The number of hydrogen-bond acceptors (Lipinski definition) is 5. The number of nitrogens with zero attached hydrogens (tertiary/aromatic N) is 2. The van der Waals surface area contributed by atoms with E-state index in [4.69, 9.17) is 11.6 Å². The van der Waals surface area contributed by atoms with Crippen molar-refractivity contribution < 1.29 is 13.6 Å². The van der Waals surface area contributed by atoms with Crippen LogP contribution in [0.5, 0.6) is 0 Å². The molecule has 0 spiro atoms. The Bertz CT molecular complexity index is 912. The lowest BCUT2D eigenvalue weighted by Gasteiger charge is -2.33. The molecule has 0 aliphatic carbocycles. The van der Waals surface area contributed by atoms with Gasteiger partial charge in [0.25, 0.3) is 10.0 Å². The van der Waals surface area contributed by atoms with Crippen LogP contribution in [0, 0.1) is 19.1 Å². The second-order valence-electron chi connectivity index (χ2n) is 6.45. The van der Waals surface area contributed by atoms with Crippen LogP contribution in [-0.2, 0) is 10.0 Å². The summed E-state index contributed by atoms with van der Waals surface area (Å²) in [6.07, 6.45) is 1.24. The molecule has 148 valence electrons. The highest BCUT2D eigenvalue weighted by Gasteiger charge is 2.31. The highest BCUT2D eigenvalue weighted by atomic mass is 35.5. The van der Waals surface area contributed by atoms with Gasteiger partial charge in [-0.25, -0.2) is 8.42 Å². The van der Waals surface area contributed by atoms with E-state index >= 15 is 0 Å². The van der Waals surface area contributed by atoms with Gasteiger partial charge in [0.2, 0.25) is 0 Å². The van der Waals surface area contributed by atoms with E-state index in [2.05, 4.69) is 0 Å². The molecule has 6 nitrogen and oxygen atoms in total. The largest absolute Gasteiger partial charge is 0.733 e. The van der Waals surface area contributed by atoms with Gasteiger partial charge in [-0.05, 0) is 56.5 Å². The van der Waals surface area contributed by atoms with E-state index in [1.165, 1.54) is 16.4 Å². The highest BCUT2D eigenvalue weighted by Crippen LogP contribution is 2.34. The van der Waals surface area contributed by atoms with E-state index in [1.807, 2.05) is 39.8 Å². The fourth-order valence-corrected chi connectivity index (χ4v) is 5.18. The fourth-order valence-electron chi connectivity index (χ4n) is 3.11. The first-order valence-corrected chi connectivity index (χ1v) is 10.5. The number of rotatable bonds is 7. The molecule has 0 aliphatic heterocycles. The third-order valence-electron chi connectivity index (χ3n) is 4.54. The van der Waals surface area contributed by atoms with Crippen molar-refractivity contribution in [1.82, 2.24) is 0 Å². The first-order chi connectivity index (χ1) is 12.6. The molecule has 0 saturated carbocycles. The van der Waals surface area contributed by atoms with Crippen LogP contribution in [0.3, 0.4) is 0 Å². The van der Waals surface area contributed by atoms with Crippen molar-refractivity contribution in [3.8, 4) is 0 Å². The van der Waals surface area contributed by atoms with E-state index in [9.17, 15) is 18.8 Å². The molecule has 2 aromatic carbocycles. The van der Waals surface area contributed by atoms with Gasteiger partial charge in [0.15, 0.2) is 0 Å². The van der Waals surface area contributed by atoms with Gasteiger partial charge in [-0.15, -0.1) is 0 Å². The third kappa shape index (κ3) is 4.38. The maximum absolute atomic E-state index is 13.5. The first-order valence-electron chi connectivity index (χ1n) is 8.70. The van der Waals surface area contributed by atoms with Crippen molar-refractivity contribution in [3.05, 3.63) is 57.8 Å². The van der Waals surface area contributed by atoms with Crippen molar-refractivity contribution in [3.63, 3.8) is 0 Å². The molecule has 2 aromatic rings. The molecule has 1 N–H and O–H groups in total.